The van der Waals surface area contributed by atoms with Gasteiger partial charge in [-0.25, -0.2) is 4.98 Å². The molecule has 0 fully saturated rings. The van der Waals surface area contributed by atoms with Crippen molar-refractivity contribution in [1.29, 1.82) is 0 Å². The Labute approximate surface area is 168 Å². The molecule has 0 spiro atoms. The number of nitrogens with zero attached hydrogens (tertiary/aromatic N) is 2. The minimum Gasteiger partial charge on any atom is -0.497 e. The molecule has 1 N–H and O–H groups in total. The van der Waals surface area contributed by atoms with Crippen molar-refractivity contribution in [3.8, 4) is 11.5 Å². The van der Waals surface area contributed by atoms with Crippen LogP contribution in [0, 0.1) is 0 Å². The maximum absolute atomic E-state index is 13.0. The molecule has 29 heavy (non-hydrogen) atoms. The number of amides is 1. The van der Waals surface area contributed by atoms with E-state index in [4.69, 9.17) is 9.47 Å². The van der Waals surface area contributed by atoms with E-state index in [1.807, 2.05) is 59.2 Å². The Morgan fingerprint density at radius 3 is 2.48 bits per heavy atom. The van der Waals surface area contributed by atoms with Crippen molar-refractivity contribution in [3.05, 3.63) is 83.9 Å². The van der Waals surface area contributed by atoms with Crippen molar-refractivity contribution in [3.63, 3.8) is 0 Å². The van der Waals surface area contributed by atoms with Gasteiger partial charge in [0.15, 0.2) is 0 Å². The zero-order valence-electron chi connectivity index (χ0n) is 16.3. The summed E-state index contributed by atoms with van der Waals surface area (Å²) in [7, 11) is 3.09. The van der Waals surface area contributed by atoms with Gasteiger partial charge in [-0.1, -0.05) is 42.5 Å². The first-order chi connectivity index (χ1) is 14.2. The van der Waals surface area contributed by atoms with Crippen molar-refractivity contribution in [2.75, 3.05) is 19.5 Å². The number of para-hydroxylation sites is 2. The van der Waals surface area contributed by atoms with Crippen LogP contribution >= 0.6 is 0 Å². The van der Waals surface area contributed by atoms with Crippen molar-refractivity contribution < 1.29 is 14.3 Å². The first-order valence-electron chi connectivity index (χ1n) is 9.22. The minimum atomic E-state index is -0.297. The molecule has 1 amide bonds. The smallest absolute Gasteiger partial charge is 0.261 e. The Bertz CT molecular complexity index is 1150. The van der Waals surface area contributed by atoms with E-state index in [9.17, 15) is 4.79 Å². The third kappa shape index (κ3) is 3.78. The van der Waals surface area contributed by atoms with E-state index in [1.54, 1.807) is 25.3 Å². The number of hydrogen-bond donors (Lipinski definition) is 1. The Balaban J connectivity index is 1.71. The summed E-state index contributed by atoms with van der Waals surface area (Å²) in [5, 5.41) is 2.94. The molecule has 0 aliphatic heterocycles. The molecule has 6 heteroatoms. The highest BCUT2D eigenvalue weighted by Gasteiger charge is 2.18. The van der Waals surface area contributed by atoms with E-state index in [0.717, 1.165) is 16.6 Å². The van der Waals surface area contributed by atoms with E-state index in [-0.39, 0.29) is 5.91 Å². The number of carbonyl (C=O) groups is 1. The first-order valence-corrected chi connectivity index (χ1v) is 9.22. The number of imidazole rings is 1. The molecule has 4 aromatic rings. The van der Waals surface area contributed by atoms with Gasteiger partial charge in [0.25, 0.3) is 5.91 Å². The van der Waals surface area contributed by atoms with Gasteiger partial charge in [-0.15, -0.1) is 0 Å². The van der Waals surface area contributed by atoms with Crippen LogP contribution in [0.25, 0.3) is 11.0 Å². The van der Waals surface area contributed by atoms with Gasteiger partial charge < -0.3 is 14.0 Å². The summed E-state index contributed by atoms with van der Waals surface area (Å²) >= 11 is 0. The standard InChI is InChI=1S/C23H21N3O3/c1-28-17-12-13-18(21(14-17)29-2)22(27)25-23-24-19-10-6-7-11-20(19)26(23)15-16-8-4-3-5-9-16/h3-14H,15H2,1-2H3,(H,24,25,27). The second-order valence-corrected chi connectivity index (χ2v) is 6.52. The number of nitrogens with one attached hydrogen (secondary N) is 1. The lowest BCUT2D eigenvalue weighted by atomic mass is 10.2. The van der Waals surface area contributed by atoms with Crippen LogP contribution in [0.1, 0.15) is 15.9 Å². The number of fused-ring (bicyclic) bond motifs is 1. The lowest BCUT2D eigenvalue weighted by Gasteiger charge is -2.12. The normalized spacial score (nSPS) is 10.7. The summed E-state index contributed by atoms with van der Waals surface area (Å²) in [5.74, 6) is 1.24. The molecule has 1 aromatic heterocycles. The van der Waals surface area contributed by atoms with Crippen LogP contribution in [-0.2, 0) is 6.54 Å². The van der Waals surface area contributed by atoms with Gasteiger partial charge in [0.2, 0.25) is 5.95 Å². The fourth-order valence-corrected chi connectivity index (χ4v) is 3.25. The molecule has 3 aromatic carbocycles. The predicted molar refractivity (Wildman–Crippen MR) is 113 cm³/mol. The van der Waals surface area contributed by atoms with Crippen molar-refractivity contribution in [1.82, 2.24) is 9.55 Å². The van der Waals surface area contributed by atoms with Gasteiger partial charge in [0.05, 0.1) is 37.4 Å². The predicted octanol–water partition coefficient (Wildman–Crippen LogP) is 4.35. The molecule has 0 radical (unpaired) electrons. The van der Waals surface area contributed by atoms with Crippen LogP contribution in [0.5, 0.6) is 11.5 Å². The number of hydrogen-bond acceptors (Lipinski definition) is 4. The third-order valence-electron chi connectivity index (χ3n) is 4.72. The monoisotopic (exact) mass is 387 g/mol. The Morgan fingerprint density at radius 2 is 1.72 bits per heavy atom. The van der Waals surface area contributed by atoms with E-state index in [1.165, 1.54) is 7.11 Å². The third-order valence-corrected chi connectivity index (χ3v) is 4.72. The zero-order chi connectivity index (χ0) is 20.2. The number of ether oxygens (including phenoxy) is 2. The van der Waals surface area contributed by atoms with E-state index in [0.29, 0.717) is 29.6 Å². The van der Waals surface area contributed by atoms with Crippen LogP contribution in [-0.4, -0.2) is 29.7 Å². The summed E-state index contributed by atoms with van der Waals surface area (Å²) in [6.07, 6.45) is 0. The van der Waals surface area contributed by atoms with Gasteiger partial charge >= 0.3 is 0 Å². The lowest BCUT2D eigenvalue weighted by Crippen LogP contribution is -2.17. The highest BCUT2D eigenvalue weighted by atomic mass is 16.5. The summed E-state index contributed by atoms with van der Waals surface area (Å²) in [6.45, 7) is 0.594. The van der Waals surface area contributed by atoms with Crippen LogP contribution in [0.15, 0.2) is 72.8 Å². The highest BCUT2D eigenvalue weighted by molar-refractivity contribution is 6.06. The topological polar surface area (TPSA) is 65.4 Å². The van der Waals surface area contributed by atoms with E-state index >= 15 is 0 Å². The van der Waals surface area contributed by atoms with Gasteiger partial charge in [0, 0.05) is 6.07 Å². The SMILES string of the molecule is COc1ccc(C(=O)Nc2nc3ccccc3n2Cc2ccccc2)c(OC)c1. The highest BCUT2D eigenvalue weighted by Crippen LogP contribution is 2.26. The molecule has 146 valence electrons. The van der Waals surface area contributed by atoms with E-state index < -0.39 is 0 Å². The molecule has 0 atom stereocenters. The van der Waals surface area contributed by atoms with Crippen LogP contribution in [0.2, 0.25) is 0 Å². The quantitative estimate of drug-likeness (QED) is 0.534. The summed E-state index contributed by atoms with van der Waals surface area (Å²) in [6, 6.07) is 23.0. The first kappa shape index (κ1) is 18.6. The lowest BCUT2D eigenvalue weighted by molar-refractivity contribution is 0.102. The molecular formula is C23H21N3O3. The zero-order valence-corrected chi connectivity index (χ0v) is 16.3. The van der Waals surface area contributed by atoms with Crippen LogP contribution < -0.4 is 14.8 Å². The van der Waals surface area contributed by atoms with Gasteiger partial charge in [-0.05, 0) is 29.8 Å². The Hall–Kier alpha value is -3.80. The fraction of sp³-hybridized carbons (Fsp3) is 0.130. The number of methoxy groups -OCH3 is 2. The van der Waals surface area contributed by atoms with Crippen molar-refractivity contribution in [2.45, 2.75) is 6.54 Å². The molecule has 0 aliphatic rings. The summed E-state index contributed by atoms with van der Waals surface area (Å²) < 4.78 is 12.6. The summed E-state index contributed by atoms with van der Waals surface area (Å²) in [4.78, 5) is 17.6. The van der Waals surface area contributed by atoms with Gasteiger partial charge in [0.1, 0.15) is 11.5 Å². The molecule has 0 saturated heterocycles. The minimum absolute atomic E-state index is 0.297. The maximum atomic E-state index is 13.0. The molecular weight excluding hydrogens is 366 g/mol. The molecule has 0 saturated carbocycles. The summed E-state index contributed by atoms with van der Waals surface area (Å²) in [5.41, 5.74) is 3.30. The fourth-order valence-electron chi connectivity index (χ4n) is 3.25. The number of anilines is 1. The average Bonchev–Trinajstić information content (AvgIpc) is 3.10. The molecule has 0 bridgehead atoms. The Kier molecular flexibility index (Phi) is 5.16. The number of rotatable bonds is 6. The van der Waals surface area contributed by atoms with Crippen molar-refractivity contribution >= 4 is 22.9 Å². The van der Waals surface area contributed by atoms with Crippen LogP contribution in [0.3, 0.4) is 0 Å². The van der Waals surface area contributed by atoms with Crippen LogP contribution in [0.4, 0.5) is 5.95 Å². The molecule has 6 nitrogen and oxygen atoms in total. The van der Waals surface area contributed by atoms with E-state index in [2.05, 4.69) is 10.3 Å². The molecule has 0 aliphatic carbocycles. The number of aromatic nitrogens is 2. The number of carbonyl (C=O) groups excluding carboxylic acids is 1. The second kappa shape index (κ2) is 8.06. The second-order valence-electron chi connectivity index (χ2n) is 6.52. The largest absolute Gasteiger partial charge is 0.497 e. The van der Waals surface area contributed by atoms with Gasteiger partial charge in [-0.3, -0.25) is 10.1 Å². The Morgan fingerprint density at radius 1 is 0.966 bits per heavy atom. The molecule has 4 rings (SSSR count). The molecule has 1 heterocycles. The van der Waals surface area contributed by atoms with Gasteiger partial charge in [-0.2, -0.15) is 0 Å². The number of benzene rings is 3. The molecule has 0 unspecified atom stereocenters. The maximum Gasteiger partial charge on any atom is 0.261 e. The van der Waals surface area contributed by atoms with Crippen molar-refractivity contribution in [2.24, 2.45) is 0 Å². The average molecular weight is 387 g/mol.